The molecule has 1 aromatic rings. The van der Waals surface area contributed by atoms with E-state index in [1.54, 1.807) is 0 Å². The number of nitrogens with zero attached hydrogens (tertiary/aromatic N) is 3. The summed E-state index contributed by atoms with van der Waals surface area (Å²) in [5.74, 6) is 0.117. The van der Waals surface area contributed by atoms with Crippen molar-refractivity contribution >= 4 is 11.7 Å². The Morgan fingerprint density at radius 2 is 2.20 bits per heavy atom. The number of rotatable bonds is 4. The Bertz CT molecular complexity index is 337. The highest BCUT2D eigenvalue weighted by molar-refractivity contribution is 5.92. The third-order valence-corrected chi connectivity index (χ3v) is 1.72. The standard InChI is InChI=1S/C8H11F2N5/c1-15(4-6(9)10)7-3-13-5(2-14-7)8(11)12/h2-3,6H,4H2,1H3,(H3,11,12). The number of nitrogen functional groups attached to an aromatic ring is 1. The van der Waals surface area contributed by atoms with Crippen LogP contribution in [0.2, 0.25) is 0 Å². The van der Waals surface area contributed by atoms with Gasteiger partial charge in [0.15, 0.2) is 0 Å². The number of nitrogens with one attached hydrogen (secondary N) is 1. The molecule has 5 nitrogen and oxygen atoms in total. The van der Waals surface area contributed by atoms with Gasteiger partial charge in [0, 0.05) is 7.05 Å². The predicted octanol–water partition coefficient (Wildman–Crippen LogP) is 0.462. The molecule has 0 aliphatic rings. The van der Waals surface area contributed by atoms with Gasteiger partial charge in [-0.05, 0) is 0 Å². The van der Waals surface area contributed by atoms with E-state index in [-0.39, 0.29) is 11.5 Å². The fraction of sp³-hybridized carbons (Fsp3) is 0.375. The molecule has 82 valence electrons. The second kappa shape index (κ2) is 4.63. The van der Waals surface area contributed by atoms with Crippen LogP contribution in [0.15, 0.2) is 12.4 Å². The number of nitrogens with two attached hydrogens (primary N) is 1. The fourth-order valence-electron chi connectivity index (χ4n) is 0.958. The van der Waals surface area contributed by atoms with E-state index in [2.05, 4.69) is 9.97 Å². The fourth-order valence-corrected chi connectivity index (χ4v) is 0.958. The Morgan fingerprint density at radius 1 is 1.53 bits per heavy atom. The zero-order valence-corrected chi connectivity index (χ0v) is 8.11. The molecule has 1 heterocycles. The summed E-state index contributed by atoms with van der Waals surface area (Å²) in [6, 6.07) is 0. The highest BCUT2D eigenvalue weighted by Gasteiger charge is 2.10. The lowest BCUT2D eigenvalue weighted by molar-refractivity contribution is 0.156. The van der Waals surface area contributed by atoms with Crippen LogP contribution in [0, 0.1) is 5.41 Å². The molecule has 0 aliphatic carbocycles. The first-order valence-electron chi connectivity index (χ1n) is 4.16. The van der Waals surface area contributed by atoms with Crippen molar-refractivity contribution in [2.45, 2.75) is 6.43 Å². The summed E-state index contributed by atoms with van der Waals surface area (Å²) in [4.78, 5) is 8.95. The van der Waals surface area contributed by atoms with E-state index in [0.717, 1.165) is 0 Å². The maximum Gasteiger partial charge on any atom is 0.255 e. The van der Waals surface area contributed by atoms with Crippen LogP contribution in [0.1, 0.15) is 5.69 Å². The van der Waals surface area contributed by atoms with Gasteiger partial charge in [0.05, 0.1) is 18.9 Å². The monoisotopic (exact) mass is 215 g/mol. The molecule has 0 saturated heterocycles. The van der Waals surface area contributed by atoms with E-state index in [4.69, 9.17) is 11.1 Å². The van der Waals surface area contributed by atoms with Gasteiger partial charge in [0.2, 0.25) is 0 Å². The number of alkyl halides is 2. The molecule has 0 amide bonds. The van der Waals surface area contributed by atoms with Crippen molar-refractivity contribution in [3.63, 3.8) is 0 Å². The smallest absolute Gasteiger partial charge is 0.255 e. The number of hydrogen-bond acceptors (Lipinski definition) is 4. The third kappa shape index (κ3) is 3.12. The minimum absolute atomic E-state index is 0.203. The van der Waals surface area contributed by atoms with E-state index in [1.807, 2.05) is 0 Å². The maximum absolute atomic E-state index is 12.0. The SMILES string of the molecule is CN(CC(F)F)c1cnc(C(=N)N)cn1. The van der Waals surface area contributed by atoms with Crippen LogP contribution in [-0.2, 0) is 0 Å². The van der Waals surface area contributed by atoms with Crippen LogP contribution in [0.4, 0.5) is 14.6 Å². The quantitative estimate of drug-likeness (QED) is 0.565. The Morgan fingerprint density at radius 3 is 2.60 bits per heavy atom. The van der Waals surface area contributed by atoms with Crippen molar-refractivity contribution in [3.05, 3.63) is 18.1 Å². The van der Waals surface area contributed by atoms with Gasteiger partial charge in [-0.3, -0.25) is 5.41 Å². The van der Waals surface area contributed by atoms with E-state index in [9.17, 15) is 8.78 Å². The van der Waals surface area contributed by atoms with Crippen molar-refractivity contribution in [1.82, 2.24) is 9.97 Å². The number of hydrogen-bond donors (Lipinski definition) is 2. The molecule has 15 heavy (non-hydrogen) atoms. The molecular formula is C8H11F2N5. The number of anilines is 1. The molecule has 0 radical (unpaired) electrons. The first kappa shape index (κ1) is 11.3. The van der Waals surface area contributed by atoms with Crippen molar-refractivity contribution in [2.75, 3.05) is 18.5 Å². The second-order valence-electron chi connectivity index (χ2n) is 2.95. The second-order valence-corrected chi connectivity index (χ2v) is 2.95. The largest absolute Gasteiger partial charge is 0.382 e. The van der Waals surface area contributed by atoms with Crippen LogP contribution in [0.5, 0.6) is 0 Å². The summed E-state index contributed by atoms with van der Waals surface area (Å²) in [5, 5.41) is 7.07. The van der Waals surface area contributed by atoms with Crippen LogP contribution >= 0.6 is 0 Å². The van der Waals surface area contributed by atoms with Gasteiger partial charge < -0.3 is 10.6 Å². The lowest BCUT2D eigenvalue weighted by Gasteiger charge is -2.16. The van der Waals surface area contributed by atoms with E-state index in [1.165, 1.54) is 24.3 Å². The summed E-state index contributed by atoms with van der Waals surface area (Å²) in [6.07, 6.45) is 0.156. The van der Waals surface area contributed by atoms with Crippen molar-refractivity contribution < 1.29 is 8.78 Å². The molecular weight excluding hydrogens is 204 g/mol. The van der Waals surface area contributed by atoms with Crippen molar-refractivity contribution in [2.24, 2.45) is 5.73 Å². The lowest BCUT2D eigenvalue weighted by atomic mass is 10.4. The van der Waals surface area contributed by atoms with Gasteiger partial charge in [-0.15, -0.1) is 0 Å². The zero-order chi connectivity index (χ0) is 11.4. The van der Waals surface area contributed by atoms with Crippen LogP contribution < -0.4 is 10.6 Å². The van der Waals surface area contributed by atoms with Crippen LogP contribution in [0.3, 0.4) is 0 Å². The minimum Gasteiger partial charge on any atom is -0.382 e. The van der Waals surface area contributed by atoms with Gasteiger partial charge in [-0.1, -0.05) is 0 Å². The van der Waals surface area contributed by atoms with Gasteiger partial charge in [-0.2, -0.15) is 0 Å². The highest BCUT2D eigenvalue weighted by atomic mass is 19.3. The molecule has 3 N–H and O–H groups in total. The molecule has 0 bridgehead atoms. The number of amidine groups is 1. The first-order valence-corrected chi connectivity index (χ1v) is 4.16. The summed E-state index contributed by atoms with van der Waals surface area (Å²) in [5.41, 5.74) is 5.39. The van der Waals surface area contributed by atoms with Gasteiger partial charge in [-0.25, -0.2) is 18.7 Å². The molecule has 0 aromatic carbocycles. The molecule has 0 fully saturated rings. The van der Waals surface area contributed by atoms with Gasteiger partial charge in [0.25, 0.3) is 6.43 Å². The Hall–Kier alpha value is -1.79. The van der Waals surface area contributed by atoms with E-state index < -0.39 is 13.0 Å². The molecule has 1 aromatic heterocycles. The van der Waals surface area contributed by atoms with Gasteiger partial charge in [0.1, 0.15) is 17.3 Å². The Kier molecular flexibility index (Phi) is 3.48. The predicted molar refractivity (Wildman–Crippen MR) is 52.3 cm³/mol. The molecule has 0 spiro atoms. The summed E-state index contributed by atoms with van der Waals surface area (Å²) in [7, 11) is 1.49. The zero-order valence-electron chi connectivity index (χ0n) is 8.11. The average Bonchev–Trinajstić information content (AvgIpc) is 2.17. The van der Waals surface area contributed by atoms with E-state index in [0.29, 0.717) is 5.82 Å². The van der Waals surface area contributed by atoms with Crippen molar-refractivity contribution in [3.8, 4) is 0 Å². The Balaban J connectivity index is 2.75. The maximum atomic E-state index is 12.0. The summed E-state index contributed by atoms with van der Waals surface area (Å²) in [6.45, 7) is -0.409. The topological polar surface area (TPSA) is 78.9 Å². The van der Waals surface area contributed by atoms with Crippen molar-refractivity contribution in [1.29, 1.82) is 5.41 Å². The summed E-state index contributed by atoms with van der Waals surface area (Å²) >= 11 is 0. The highest BCUT2D eigenvalue weighted by Crippen LogP contribution is 2.08. The average molecular weight is 215 g/mol. The number of aromatic nitrogens is 2. The van der Waals surface area contributed by atoms with Crippen LogP contribution in [-0.4, -0.2) is 35.8 Å². The molecule has 0 atom stereocenters. The first-order chi connectivity index (χ1) is 7.00. The summed E-state index contributed by atoms with van der Waals surface area (Å²) < 4.78 is 24.1. The minimum atomic E-state index is -2.43. The van der Waals surface area contributed by atoms with E-state index >= 15 is 0 Å². The van der Waals surface area contributed by atoms with Crippen LogP contribution in [0.25, 0.3) is 0 Å². The lowest BCUT2D eigenvalue weighted by Crippen LogP contribution is -2.25. The number of halogens is 2. The molecule has 1 rings (SSSR count). The molecule has 0 unspecified atom stereocenters. The van der Waals surface area contributed by atoms with Gasteiger partial charge >= 0.3 is 0 Å². The Labute approximate surface area is 85.4 Å². The molecule has 7 heteroatoms. The molecule has 0 aliphatic heterocycles. The third-order valence-electron chi connectivity index (χ3n) is 1.72. The normalized spacial score (nSPS) is 10.4. The molecule has 0 saturated carbocycles.